The van der Waals surface area contributed by atoms with Crippen molar-refractivity contribution in [2.24, 2.45) is 5.41 Å². The molecule has 336 valence electrons. The van der Waals surface area contributed by atoms with Gasteiger partial charge in [-0.15, -0.1) is 11.3 Å². The van der Waals surface area contributed by atoms with E-state index >= 15 is 0 Å². The number of fused-ring (bicyclic) bond motifs is 1. The largest absolute Gasteiger partial charge is 0.493 e. The molecule has 2 aromatic heterocycles. The van der Waals surface area contributed by atoms with Gasteiger partial charge in [0, 0.05) is 61.0 Å². The van der Waals surface area contributed by atoms with E-state index in [4.69, 9.17) is 24.9 Å². The molecular formula is C49H56N6O8S. The highest BCUT2D eigenvalue weighted by atomic mass is 32.1. The van der Waals surface area contributed by atoms with Gasteiger partial charge in [0.2, 0.25) is 17.7 Å². The molecule has 3 N–H and O–H groups in total. The third-order valence-electron chi connectivity index (χ3n) is 11.4. The van der Waals surface area contributed by atoms with E-state index in [1.54, 1.807) is 35.7 Å². The van der Waals surface area contributed by atoms with Crippen molar-refractivity contribution in [1.82, 2.24) is 25.1 Å². The van der Waals surface area contributed by atoms with E-state index in [1.807, 2.05) is 41.4 Å². The van der Waals surface area contributed by atoms with Crippen LogP contribution in [-0.2, 0) is 25.7 Å². The van der Waals surface area contributed by atoms with Gasteiger partial charge in [-0.1, -0.05) is 49.3 Å². The average molecular weight is 889 g/mol. The van der Waals surface area contributed by atoms with Crippen LogP contribution >= 0.6 is 11.3 Å². The van der Waals surface area contributed by atoms with Crippen LogP contribution in [0.25, 0.3) is 10.4 Å². The Morgan fingerprint density at radius 3 is 2.42 bits per heavy atom. The number of benzene rings is 2. The maximum Gasteiger partial charge on any atom is 0.266 e. The fourth-order valence-corrected chi connectivity index (χ4v) is 8.96. The molecule has 2 fully saturated rings. The van der Waals surface area contributed by atoms with E-state index < -0.39 is 29.7 Å². The summed E-state index contributed by atoms with van der Waals surface area (Å²) >= 11 is 1.64. The summed E-state index contributed by atoms with van der Waals surface area (Å²) in [6.45, 7) is 9.34. The molecule has 5 amide bonds. The second kappa shape index (κ2) is 21.0. The summed E-state index contributed by atoms with van der Waals surface area (Å²) in [5, 5.41) is 3.27. The Hall–Kier alpha value is -6.11. The number of likely N-dealkylation sites (tertiary alicyclic amines) is 1. The Morgan fingerprint density at radius 1 is 0.875 bits per heavy atom. The maximum absolute atomic E-state index is 13.3. The minimum absolute atomic E-state index is 0.0642. The van der Waals surface area contributed by atoms with Crippen LogP contribution in [0.5, 0.6) is 11.5 Å². The number of carbonyl (C=O) groups is 5. The second-order valence-corrected chi connectivity index (χ2v) is 18.5. The standard InChI is InChI=1S/C49H56N6O8S/c1-49(2,3)21-17-32-11-9-12-33(27-32)31-63-39-28-35(29-51-44(39)50)40-30-52-46(64-40)34-18-22-54(23-19-34)42(57)20-26-61-24-7-5-4-6-8-25-62-38-14-10-13-36-43(38)48(60)55(47(36)59)37-15-16-41(56)53-45(37)58/h9-14,27-30,34,37H,4-8,15-16,18-20,22-26,31H2,1-3H3,(H2,50,51)(H,53,56,58). The van der Waals surface area contributed by atoms with E-state index in [9.17, 15) is 24.0 Å². The maximum atomic E-state index is 13.3. The number of hydrogen-bond donors (Lipinski definition) is 2. The molecule has 1 unspecified atom stereocenters. The quantitative estimate of drug-likeness (QED) is 0.0581. The van der Waals surface area contributed by atoms with E-state index in [0.717, 1.165) is 76.4 Å². The molecule has 1 atom stereocenters. The molecule has 0 radical (unpaired) electrons. The summed E-state index contributed by atoms with van der Waals surface area (Å²) < 4.78 is 17.9. The molecule has 3 aliphatic rings. The third-order valence-corrected chi connectivity index (χ3v) is 12.6. The molecule has 14 nitrogen and oxygen atoms in total. The van der Waals surface area contributed by atoms with Gasteiger partial charge in [-0.3, -0.25) is 34.2 Å². The molecule has 3 aliphatic heterocycles. The smallest absolute Gasteiger partial charge is 0.266 e. The van der Waals surface area contributed by atoms with Crippen molar-refractivity contribution in [2.45, 2.75) is 104 Å². The molecule has 7 rings (SSSR count). The van der Waals surface area contributed by atoms with Crippen LogP contribution in [-0.4, -0.2) is 88.3 Å². The molecule has 64 heavy (non-hydrogen) atoms. The summed E-state index contributed by atoms with van der Waals surface area (Å²) in [6.07, 6.45) is 10.4. The minimum Gasteiger partial charge on any atom is -0.493 e. The number of nitrogens with zero attached hydrogens (tertiary/aromatic N) is 4. The Kier molecular flexibility index (Phi) is 15.1. The lowest BCUT2D eigenvalue weighted by molar-refractivity contribution is -0.136. The van der Waals surface area contributed by atoms with Crippen molar-refractivity contribution in [2.75, 3.05) is 38.6 Å². The number of nitrogens with two attached hydrogens (primary N) is 1. The van der Waals surface area contributed by atoms with Gasteiger partial charge in [0.25, 0.3) is 11.8 Å². The number of carbonyl (C=O) groups excluding carboxylic acids is 5. The van der Waals surface area contributed by atoms with Gasteiger partial charge >= 0.3 is 0 Å². The molecule has 0 aliphatic carbocycles. The van der Waals surface area contributed by atoms with Crippen LogP contribution < -0.4 is 20.5 Å². The number of unbranched alkanes of at least 4 members (excludes halogenated alkanes) is 4. The van der Waals surface area contributed by atoms with E-state index in [2.05, 4.69) is 42.9 Å². The molecule has 15 heteroatoms. The van der Waals surface area contributed by atoms with Crippen molar-refractivity contribution in [3.05, 3.63) is 88.2 Å². The van der Waals surface area contributed by atoms with Crippen LogP contribution in [0.4, 0.5) is 5.82 Å². The van der Waals surface area contributed by atoms with Gasteiger partial charge in [-0.25, -0.2) is 9.97 Å². The van der Waals surface area contributed by atoms with E-state index in [1.165, 1.54) is 0 Å². The van der Waals surface area contributed by atoms with Crippen molar-refractivity contribution >= 4 is 46.7 Å². The zero-order chi connectivity index (χ0) is 45.2. The predicted octanol–water partition coefficient (Wildman–Crippen LogP) is 7.31. The summed E-state index contributed by atoms with van der Waals surface area (Å²) in [7, 11) is 0. The van der Waals surface area contributed by atoms with Gasteiger partial charge < -0.3 is 24.8 Å². The number of nitrogens with one attached hydrogen (secondary N) is 1. The van der Waals surface area contributed by atoms with Crippen molar-refractivity contribution in [1.29, 1.82) is 0 Å². The number of piperidine rings is 2. The van der Waals surface area contributed by atoms with E-state index in [0.29, 0.717) is 63.3 Å². The number of pyridine rings is 1. The molecule has 4 aromatic rings. The molecule has 5 heterocycles. The third kappa shape index (κ3) is 11.7. The highest BCUT2D eigenvalue weighted by Crippen LogP contribution is 2.37. The summed E-state index contributed by atoms with van der Waals surface area (Å²) in [5.41, 5.74) is 9.32. The lowest BCUT2D eigenvalue weighted by atomic mass is 9.97. The highest BCUT2D eigenvalue weighted by Gasteiger charge is 2.46. The van der Waals surface area contributed by atoms with Gasteiger partial charge in [-0.05, 0) is 88.8 Å². The lowest BCUT2D eigenvalue weighted by Gasteiger charge is -2.31. The zero-order valence-electron chi connectivity index (χ0n) is 36.8. The lowest BCUT2D eigenvalue weighted by Crippen LogP contribution is -2.54. The fourth-order valence-electron chi connectivity index (χ4n) is 7.89. The topological polar surface area (TPSA) is 183 Å². The molecule has 2 aromatic carbocycles. The number of ether oxygens (including phenoxy) is 3. The van der Waals surface area contributed by atoms with Gasteiger partial charge in [0.15, 0.2) is 11.6 Å². The first-order valence-electron chi connectivity index (χ1n) is 22.1. The van der Waals surface area contributed by atoms with Crippen LogP contribution in [0.1, 0.15) is 128 Å². The van der Waals surface area contributed by atoms with Crippen LogP contribution in [0.15, 0.2) is 60.9 Å². The molecule has 2 saturated heterocycles. The van der Waals surface area contributed by atoms with Gasteiger partial charge in [-0.2, -0.15) is 0 Å². The number of anilines is 1. The number of thiazole rings is 1. The van der Waals surface area contributed by atoms with Crippen LogP contribution in [0, 0.1) is 17.3 Å². The molecule has 0 spiro atoms. The molecular weight excluding hydrogens is 833 g/mol. The highest BCUT2D eigenvalue weighted by molar-refractivity contribution is 7.15. The molecule has 0 saturated carbocycles. The SMILES string of the molecule is CC(C)(C)C#Cc1cccc(COc2cc(-c3cnc(C4CCN(C(=O)CCOCCCCCCCOc5cccc6c5C(=O)N(C5CCC(=O)NC5=O)C6=O)CC4)s3)cnc2N)c1. The summed E-state index contributed by atoms with van der Waals surface area (Å²) in [6, 6.07) is 13.8. The fraction of sp³-hybridized carbons (Fsp3) is 0.449. The first kappa shape index (κ1) is 45.9. The Labute approximate surface area is 378 Å². The molecule has 0 bridgehead atoms. The summed E-state index contributed by atoms with van der Waals surface area (Å²) in [4.78, 5) is 76.3. The van der Waals surface area contributed by atoms with E-state index in [-0.39, 0.29) is 41.2 Å². The van der Waals surface area contributed by atoms with Crippen molar-refractivity contribution in [3.8, 4) is 33.8 Å². The van der Waals surface area contributed by atoms with Gasteiger partial charge in [0.05, 0.1) is 40.6 Å². The normalized spacial score (nSPS) is 16.6. The van der Waals surface area contributed by atoms with Gasteiger partial charge in [0.1, 0.15) is 18.4 Å². The Morgan fingerprint density at radius 2 is 1.64 bits per heavy atom. The Bertz CT molecular complexity index is 2420. The van der Waals surface area contributed by atoms with Crippen LogP contribution in [0.3, 0.4) is 0 Å². The monoisotopic (exact) mass is 888 g/mol. The summed E-state index contributed by atoms with van der Waals surface area (Å²) in [5.74, 6) is 5.88. The minimum atomic E-state index is -1.02. The first-order valence-corrected chi connectivity index (χ1v) is 23.0. The average Bonchev–Trinajstić information content (AvgIpc) is 3.87. The first-order chi connectivity index (χ1) is 30.8. The van der Waals surface area contributed by atoms with Crippen molar-refractivity contribution in [3.63, 3.8) is 0 Å². The number of amides is 5. The number of hydrogen-bond acceptors (Lipinski definition) is 12. The number of imide groups is 2. The number of nitrogen functional groups attached to an aromatic ring is 1. The van der Waals surface area contributed by atoms with Crippen molar-refractivity contribution < 1.29 is 38.2 Å². The van der Waals surface area contributed by atoms with Crippen LogP contribution in [0.2, 0.25) is 0 Å². The number of rotatable bonds is 18. The number of aromatic nitrogens is 2. The predicted molar refractivity (Wildman–Crippen MR) is 243 cm³/mol. The Balaban J connectivity index is 0.754. The second-order valence-electron chi connectivity index (χ2n) is 17.4. The zero-order valence-corrected chi connectivity index (χ0v) is 37.6.